The highest BCUT2D eigenvalue weighted by atomic mass is 79.9. The van der Waals surface area contributed by atoms with E-state index in [1.54, 1.807) is 0 Å². The van der Waals surface area contributed by atoms with Crippen molar-refractivity contribution >= 4 is 93.1 Å². The summed E-state index contributed by atoms with van der Waals surface area (Å²) in [5.41, 5.74) is 6.27. The van der Waals surface area contributed by atoms with Crippen molar-refractivity contribution in [2.45, 2.75) is 5.54 Å². The first kappa shape index (κ1) is 36.0. The Labute approximate surface area is 330 Å². The zero-order chi connectivity index (χ0) is 36.8. The summed E-state index contributed by atoms with van der Waals surface area (Å²) in [4.78, 5) is 25.6. The molecule has 7 nitrogen and oxygen atoms in total. The van der Waals surface area contributed by atoms with Crippen LogP contribution in [0.25, 0.3) is 32.7 Å². The van der Waals surface area contributed by atoms with Gasteiger partial charge in [0.25, 0.3) is 0 Å². The first-order valence-electron chi connectivity index (χ1n) is 16.5. The fraction of sp³-hybridized carbons (Fsp3) is 0.0233. The van der Waals surface area contributed by atoms with Crippen molar-refractivity contribution < 1.29 is 9.59 Å². The molecule has 0 saturated heterocycles. The van der Waals surface area contributed by atoms with Crippen molar-refractivity contribution in [3.8, 4) is 0 Å². The Hall–Kier alpha value is -5.42. The molecule has 0 saturated carbocycles. The van der Waals surface area contributed by atoms with E-state index in [-0.39, 0.29) is 0 Å². The number of carbonyl (C=O) groups is 2. The van der Waals surface area contributed by atoms with E-state index in [2.05, 4.69) is 118 Å². The largest absolute Gasteiger partial charge is 0.361 e. The quantitative estimate of drug-likeness (QED) is 0.128. The third kappa shape index (κ3) is 7.30. The summed E-state index contributed by atoms with van der Waals surface area (Å²) in [5, 5.41) is 14.4. The lowest BCUT2D eigenvalue weighted by Crippen LogP contribution is -2.38. The summed E-state index contributed by atoms with van der Waals surface area (Å²) in [6.45, 7) is 0. The van der Waals surface area contributed by atoms with Crippen molar-refractivity contribution in [3.05, 3.63) is 199 Å². The Morgan fingerprint density at radius 1 is 0.585 bits per heavy atom. The standard InChI is InChI=1S/C27H19BrN2O.C8H5BrN2O.C8H6BrN/c28-23-16-17-26-24(18-23)25(19-31)29-30(26)27(20-10-4-1-5-11-20,21-12-6-2-7-13-21)22-14-8-3-9-15-22;9-5-1-2-7-6(3-5)8(4-12)11-10-7;9-7-1-2-8-6(5-7)3-4-10-8/h1-19H;1-4H,(H,10,11);1-5,10H. The molecule has 0 unspecified atom stereocenters. The summed E-state index contributed by atoms with van der Waals surface area (Å²) < 4.78 is 4.98. The Morgan fingerprint density at radius 2 is 1.13 bits per heavy atom. The van der Waals surface area contributed by atoms with E-state index in [1.165, 1.54) is 10.9 Å². The van der Waals surface area contributed by atoms with Gasteiger partial charge >= 0.3 is 0 Å². The van der Waals surface area contributed by atoms with Crippen molar-refractivity contribution in [2.24, 2.45) is 0 Å². The molecular weight excluding hydrogens is 858 g/mol. The third-order valence-corrected chi connectivity index (χ3v) is 10.3. The second-order valence-electron chi connectivity index (χ2n) is 12.0. The monoisotopic (exact) mass is 885 g/mol. The SMILES string of the molecule is Brc1ccc2[nH]ccc2c1.O=Cc1[nH]nc2ccc(Br)cc12.O=Cc1nn(C(c2ccccc2)(c2ccccc2)c2ccccc2)c2ccc(Br)cc12. The minimum Gasteiger partial charge on any atom is -0.361 e. The molecule has 0 aliphatic carbocycles. The van der Waals surface area contributed by atoms with Crippen LogP contribution in [0.5, 0.6) is 0 Å². The van der Waals surface area contributed by atoms with Crippen molar-refractivity contribution in [1.29, 1.82) is 0 Å². The van der Waals surface area contributed by atoms with Gasteiger partial charge in [-0.1, -0.05) is 139 Å². The normalized spacial score (nSPS) is 11.1. The van der Waals surface area contributed by atoms with Crippen LogP contribution in [0.1, 0.15) is 37.7 Å². The maximum atomic E-state index is 12.0. The van der Waals surface area contributed by atoms with Gasteiger partial charge in [-0.2, -0.15) is 10.2 Å². The van der Waals surface area contributed by atoms with Crippen molar-refractivity contribution in [3.63, 3.8) is 0 Å². The average molecular weight is 888 g/mol. The van der Waals surface area contributed by atoms with E-state index in [0.29, 0.717) is 11.4 Å². The Bertz CT molecular complexity index is 2560. The zero-order valence-corrected chi connectivity index (χ0v) is 32.7. The third-order valence-electron chi connectivity index (χ3n) is 8.85. The zero-order valence-electron chi connectivity index (χ0n) is 28.0. The van der Waals surface area contributed by atoms with Crippen LogP contribution < -0.4 is 0 Å². The first-order valence-corrected chi connectivity index (χ1v) is 18.9. The van der Waals surface area contributed by atoms with Crippen LogP contribution >= 0.6 is 47.8 Å². The van der Waals surface area contributed by atoms with E-state index in [0.717, 1.165) is 64.5 Å². The number of halogens is 3. The smallest absolute Gasteiger partial charge is 0.170 e. The second kappa shape index (κ2) is 16.1. The van der Waals surface area contributed by atoms with Crippen LogP contribution in [0.3, 0.4) is 0 Å². The predicted octanol–water partition coefficient (Wildman–Crippen LogP) is 11.5. The molecule has 10 heteroatoms. The van der Waals surface area contributed by atoms with E-state index < -0.39 is 5.54 Å². The van der Waals surface area contributed by atoms with Crippen molar-refractivity contribution in [2.75, 3.05) is 0 Å². The summed E-state index contributed by atoms with van der Waals surface area (Å²) in [5.74, 6) is 0. The van der Waals surface area contributed by atoms with Crippen LogP contribution in [0, 0.1) is 0 Å². The minimum absolute atomic E-state index is 0.420. The highest BCUT2D eigenvalue weighted by Crippen LogP contribution is 2.42. The van der Waals surface area contributed by atoms with E-state index >= 15 is 0 Å². The number of aldehydes is 2. The molecule has 0 radical (unpaired) electrons. The Balaban J connectivity index is 0.000000160. The van der Waals surface area contributed by atoms with Gasteiger partial charge in [0.1, 0.15) is 16.9 Å². The average Bonchev–Trinajstić information content (AvgIpc) is 3.94. The minimum atomic E-state index is -0.753. The lowest BCUT2D eigenvalue weighted by molar-refractivity contribution is 0.111. The Kier molecular flexibility index (Phi) is 10.9. The number of hydrogen-bond donors (Lipinski definition) is 2. The number of H-pyrrole nitrogens is 2. The van der Waals surface area contributed by atoms with Crippen LogP contribution in [-0.4, -0.2) is 37.5 Å². The number of carbonyl (C=O) groups excluding carboxylic acids is 2. The fourth-order valence-corrected chi connectivity index (χ4v) is 7.58. The number of aromatic amines is 2. The molecule has 53 heavy (non-hydrogen) atoms. The van der Waals surface area contributed by atoms with E-state index in [9.17, 15) is 9.59 Å². The molecule has 9 rings (SSSR count). The van der Waals surface area contributed by atoms with Gasteiger partial charge in [-0.05, 0) is 77.4 Å². The molecule has 3 heterocycles. The summed E-state index contributed by atoms with van der Waals surface area (Å²) in [7, 11) is 0. The molecule has 0 aliphatic rings. The second-order valence-corrected chi connectivity index (χ2v) is 14.8. The van der Waals surface area contributed by atoms with Gasteiger partial charge in [0.05, 0.1) is 11.0 Å². The highest BCUT2D eigenvalue weighted by Gasteiger charge is 2.40. The Morgan fingerprint density at radius 3 is 1.72 bits per heavy atom. The number of benzene rings is 6. The lowest BCUT2D eigenvalue weighted by atomic mass is 9.77. The maximum Gasteiger partial charge on any atom is 0.170 e. The molecule has 2 N–H and O–H groups in total. The number of nitrogens with one attached hydrogen (secondary N) is 2. The molecule has 0 bridgehead atoms. The number of rotatable bonds is 6. The summed E-state index contributed by atoms with van der Waals surface area (Å²) in [6.07, 6.45) is 3.54. The number of nitrogens with zero attached hydrogens (tertiary/aromatic N) is 3. The molecule has 0 aliphatic heterocycles. The topological polar surface area (TPSA) is 96.4 Å². The van der Waals surface area contributed by atoms with E-state index in [4.69, 9.17) is 5.10 Å². The molecular formula is C43H30Br3N5O2. The van der Waals surface area contributed by atoms with Gasteiger partial charge in [0.15, 0.2) is 12.6 Å². The van der Waals surface area contributed by atoms with Crippen LogP contribution in [0.15, 0.2) is 171 Å². The highest BCUT2D eigenvalue weighted by molar-refractivity contribution is 9.11. The van der Waals surface area contributed by atoms with Crippen LogP contribution in [0.2, 0.25) is 0 Å². The molecule has 3 aromatic heterocycles. The van der Waals surface area contributed by atoms with E-state index in [1.807, 2.05) is 108 Å². The van der Waals surface area contributed by atoms with Gasteiger partial charge in [0.2, 0.25) is 0 Å². The molecule has 0 amide bonds. The van der Waals surface area contributed by atoms with Crippen LogP contribution in [0.4, 0.5) is 0 Å². The summed E-state index contributed by atoms with van der Waals surface area (Å²) in [6, 6.07) is 50.8. The van der Waals surface area contributed by atoms with Gasteiger partial charge in [-0.25, -0.2) is 4.68 Å². The van der Waals surface area contributed by atoms with Crippen LogP contribution in [-0.2, 0) is 5.54 Å². The number of fused-ring (bicyclic) bond motifs is 3. The summed E-state index contributed by atoms with van der Waals surface area (Å²) >= 11 is 10.3. The first-order chi connectivity index (χ1) is 25.9. The van der Waals surface area contributed by atoms with Gasteiger partial charge in [-0.15, -0.1) is 0 Å². The number of hydrogen-bond acceptors (Lipinski definition) is 4. The molecule has 0 atom stereocenters. The maximum absolute atomic E-state index is 12.0. The molecule has 0 fully saturated rings. The van der Waals surface area contributed by atoms with Gasteiger partial charge < -0.3 is 4.98 Å². The lowest BCUT2D eigenvalue weighted by Gasteiger charge is -2.37. The van der Waals surface area contributed by atoms with Gasteiger partial charge in [0, 0.05) is 41.3 Å². The molecule has 9 aromatic rings. The predicted molar refractivity (Wildman–Crippen MR) is 223 cm³/mol. The molecule has 6 aromatic carbocycles. The van der Waals surface area contributed by atoms with Gasteiger partial charge in [-0.3, -0.25) is 14.7 Å². The van der Waals surface area contributed by atoms with Crippen molar-refractivity contribution in [1.82, 2.24) is 25.0 Å². The molecule has 0 spiro atoms. The fourth-order valence-electron chi connectivity index (χ4n) is 6.48. The number of aromatic nitrogens is 5. The molecule has 260 valence electrons.